The van der Waals surface area contributed by atoms with Crippen molar-refractivity contribution in [3.63, 3.8) is 0 Å². The van der Waals surface area contributed by atoms with E-state index in [9.17, 15) is 0 Å². The highest BCUT2D eigenvalue weighted by atomic mass is 35.5. The Kier molecular flexibility index (Phi) is 6.06. The Labute approximate surface area is 140 Å². The molecule has 5 heteroatoms. The molecule has 2 rings (SSSR count). The van der Waals surface area contributed by atoms with Crippen molar-refractivity contribution in [2.45, 2.75) is 39.7 Å². The molecule has 1 aromatic heterocycles. The molecule has 0 aliphatic carbocycles. The minimum absolute atomic E-state index is 0.229. The Morgan fingerprint density at radius 2 is 2.05 bits per heavy atom. The number of nitrogens with zero attached hydrogens (tertiary/aromatic N) is 1. The predicted octanol–water partition coefficient (Wildman–Crippen LogP) is 5.35. The van der Waals surface area contributed by atoms with E-state index in [1.807, 2.05) is 25.1 Å². The van der Waals surface area contributed by atoms with Crippen LogP contribution in [0.3, 0.4) is 0 Å². The van der Waals surface area contributed by atoms with E-state index in [1.54, 1.807) is 11.3 Å². The number of rotatable bonds is 6. The predicted molar refractivity (Wildman–Crippen MR) is 92.8 cm³/mol. The lowest BCUT2D eigenvalue weighted by Gasteiger charge is -2.19. The van der Waals surface area contributed by atoms with E-state index in [4.69, 9.17) is 23.2 Å². The van der Waals surface area contributed by atoms with Gasteiger partial charge >= 0.3 is 0 Å². The largest absolute Gasteiger partial charge is 0.309 e. The Balaban J connectivity index is 2.28. The molecule has 1 aromatic carbocycles. The zero-order valence-electron chi connectivity index (χ0n) is 12.5. The first-order valence-corrected chi connectivity index (χ1v) is 8.70. The van der Waals surface area contributed by atoms with Crippen LogP contribution in [0.4, 0.5) is 0 Å². The van der Waals surface area contributed by atoms with Gasteiger partial charge in [-0.25, -0.2) is 4.98 Å². The van der Waals surface area contributed by atoms with Gasteiger partial charge in [0.25, 0.3) is 0 Å². The summed E-state index contributed by atoms with van der Waals surface area (Å²) in [4.78, 5) is 5.83. The van der Waals surface area contributed by atoms with Gasteiger partial charge in [-0.3, -0.25) is 0 Å². The number of halogens is 2. The minimum atomic E-state index is 0.229. The second-order valence-corrected chi connectivity index (χ2v) is 7.13. The first kappa shape index (κ1) is 16.8. The molecule has 0 radical (unpaired) electrons. The van der Waals surface area contributed by atoms with Crippen LogP contribution in [-0.4, -0.2) is 11.5 Å². The van der Waals surface area contributed by atoms with Gasteiger partial charge in [0.15, 0.2) is 0 Å². The fraction of sp³-hybridized carbons (Fsp3) is 0.438. The van der Waals surface area contributed by atoms with Crippen molar-refractivity contribution in [1.82, 2.24) is 10.3 Å². The summed E-state index contributed by atoms with van der Waals surface area (Å²) in [5.74, 6) is 0. The number of nitrogens with one attached hydrogen (secondary N) is 1. The van der Waals surface area contributed by atoms with Gasteiger partial charge < -0.3 is 5.32 Å². The fourth-order valence-electron chi connectivity index (χ4n) is 2.37. The van der Waals surface area contributed by atoms with Crippen molar-refractivity contribution in [2.24, 2.45) is 0 Å². The van der Waals surface area contributed by atoms with E-state index in [1.165, 1.54) is 4.88 Å². The number of hydrogen-bond acceptors (Lipinski definition) is 3. The maximum Gasteiger partial charge on any atom is 0.0900 e. The maximum atomic E-state index is 6.33. The molecule has 2 aromatic rings. The summed E-state index contributed by atoms with van der Waals surface area (Å²) >= 11 is 14.2. The second-order valence-electron chi connectivity index (χ2n) is 5.11. The Morgan fingerprint density at radius 1 is 1.29 bits per heavy atom. The monoisotopic (exact) mass is 342 g/mol. The molecule has 0 aliphatic rings. The molecule has 0 saturated carbocycles. The number of aryl methyl sites for hydroxylation is 2. The average Bonchev–Trinajstić information content (AvgIpc) is 2.78. The standard InChI is InChI=1S/C16H20Cl2N2S/c1-4-8-19-14(16-10(2)20-11(3)21-16)9-12-6-5-7-13(17)15(12)18/h5-7,14,19H,4,8-9H2,1-3H3. The van der Waals surface area contributed by atoms with Crippen LogP contribution < -0.4 is 5.32 Å². The minimum Gasteiger partial charge on any atom is -0.309 e. The van der Waals surface area contributed by atoms with E-state index in [2.05, 4.69) is 24.1 Å². The molecule has 21 heavy (non-hydrogen) atoms. The first-order valence-electron chi connectivity index (χ1n) is 7.13. The summed E-state index contributed by atoms with van der Waals surface area (Å²) < 4.78 is 0. The molecule has 0 bridgehead atoms. The summed E-state index contributed by atoms with van der Waals surface area (Å²) in [5, 5.41) is 5.97. The summed E-state index contributed by atoms with van der Waals surface area (Å²) in [7, 11) is 0. The summed E-state index contributed by atoms with van der Waals surface area (Å²) in [6.45, 7) is 7.25. The molecule has 1 heterocycles. The van der Waals surface area contributed by atoms with Crippen LogP contribution in [0.5, 0.6) is 0 Å². The highest BCUT2D eigenvalue weighted by molar-refractivity contribution is 7.11. The molecule has 1 unspecified atom stereocenters. The van der Waals surface area contributed by atoms with Gasteiger partial charge in [-0.1, -0.05) is 42.3 Å². The van der Waals surface area contributed by atoms with Crippen molar-refractivity contribution in [3.05, 3.63) is 49.4 Å². The third kappa shape index (κ3) is 4.19. The van der Waals surface area contributed by atoms with Gasteiger partial charge in [-0.05, 0) is 44.9 Å². The normalized spacial score (nSPS) is 12.6. The van der Waals surface area contributed by atoms with Crippen molar-refractivity contribution in [1.29, 1.82) is 0 Å². The number of aromatic nitrogens is 1. The van der Waals surface area contributed by atoms with Crippen LogP contribution in [0.15, 0.2) is 18.2 Å². The van der Waals surface area contributed by atoms with Crippen LogP contribution in [0.2, 0.25) is 10.0 Å². The third-order valence-electron chi connectivity index (χ3n) is 3.35. The lowest BCUT2D eigenvalue weighted by molar-refractivity contribution is 0.534. The highest BCUT2D eigenvalue weighted by Gasteiger charge is 2.19. The molecule has 1 atom stereocenters. The summed E-state index contributed by atoms with van der Waals surface area (Å²) in [5.41, 5.74) is 2.17. The quantitative estimate of drug-likeness (QED) is 0.765. The van der Waals surface area contributed by atoms with Crippen molar-refractivity contribution in [3.8, 4) is 0 Å². The van der Waals surface area contributed by atoms with E-state index in [-0.39, 0.29) is 6.04 Å². The Bertz CT molecular complexity index is 610. The van der Waals surface area contributed by atoms with Crippen LogP contribution >= 0.6 is 34.5 Å². The van der Waals surface area contributed by atoms with Crippen LogP contribution in [0.1, 0.15) is 40.5 Å². The van der Waals surface area contributed by atoms with E-state index >= 15 is 0 Å². The smallest absolute Gasteiger partial charge is 0.0900 e. The first-order chi connectivity index (χ1) is 10.0. The van der Waals surface area contributed by atoms with Crippen LogP contribution in [0, 0.1) is 13.8 Å². The van der Waals surface area contributed by atoms with Gasteiger partial charge in [0.1, 0.15) is 0 Å². The average molecular weight is 343 g/mol. The zero-order chi connectivity index (χ0) is 15.4. The topological polar surface area (TPSA) is 24.9 Å². The van der Waals surface area contributed by atoms with Gasteiger partial charge in [0.05, 0.1) is 20.7 Å². The number of thiazole rings is 1. The fourth-order valence-corrected chi connectivity index (χ4v) is 3.77. The molecule has 0 spiro atoms. The molecular formula is C16H20Cl2N2S. The molecule has 0 saturated heterocycles. The van der Waals surface area contributed by atoms with Crippen molar-refractivity contribution in [2.75, 3.05) is 6.54 Å². The van der Waals surface area contributed by atoms with Gasteiger partial charge in [-0.15, -0.1) is 11.3 Å². The molecule has 0 fully saturated rings. The molecular weight excluding hydrogens is 323 g/mol. The SMILES string of the molecule is CCCNC(Cc1cccc(Cl)c1Cl)c1sc(C)nc1C. The molecule has 1 N–H and O–H groups in total. The van der Waals surface area contributed by atoms with Crippen molar-refractivity contribution >= 4 is 34.5 Å². The number of hydrogen-bond donors (Lipinski definition) is 1. The van der Waals surface area contributed by atoms with Gasteiger partial charge in [0, 0.05) is 10.9 Å². The van der Waals surface area contributed by atoms with Gasteiger partial charge in [-0.2, -0.15) is 0 Å². The summed E-state index contributed by atoms with van der Waals surface area (Å²) in [6, 6.07) is 6.04. The maximum absolute atomic E-state index is 6.33. The van der Waals surface area contributed by atoms with E-state index < -0.39 is 0 Å². The zero-order valence-corrected chi connectivity index (χ0v) is 14.9. The molecule has 0 aliphatic heterocycles. The van der Waals surface area contributed by atoms with Gasteiger partial charge in [0.2, 0.25) is 0 Å². The lowest BCUT2D eigenvalue weighted by Crippen LogP contribution is -2.24. The second kappa shape index (κ2) is 7.59. The van der Waals surface area contributed by atoms with Crippen LogP contribution in [0.25, 0.3) is 0 Å². The number of benzene rings is 1. The Morgan fingerprint density at radius 3 is 2.67 bits per heavy atom. The van der Waals surface area contributed by atoms with Crippen molar-refractivity contribution < 1.29 is 0 Å². The third-order valence-corrected chi connectivity index (χ3v) is 5.40. The Hall–Kier alpha value is -0.610. The van der Waals surface area contributed by atoms with E-state index in [0.717, 1.165) is 35.7 Å². The van der Waals surface area contributed by atoms with Crippen LogP contribution in [-0.2, 0) is 6.42 Å². The lowest BCUT2D eigenvalue weighted by atomic mass is 10.0. The molecule has 2 nitrogen and oxygen atoms in total. The summed E-state index contributed by atoms with van der Waals surface area (Å²) in [6.07, 6.45) is 1.92. The van der Waals surface area contributed by atoms with E-state index in [0.29, 0.717) is 10.0 Å². The highest BCUT2D eigenvalue weighted by Crippen LogP contribution is 2.32. The molecule has 0 amide bonds. The molecule has 114 valence electrons.